The van der Waals surface area contributed by atoms with Crippen LogP contribution in [-0.4, -0.2) is 11.7 Å². The van der Waals surface area contributed by atoms with Crippen LogP contribution in [0.1, 0.15) is 25.0 Å². The number of aliphatic hydroxyl groups excluding tert-OH is 1. The molecule has 17 heavy (non-hydrogen) atoms. The van der Waals surface area contributed by atoms with Gasteiger partial charge in [0.25, 0.3) is 0 Å². The number of benzene rings is 1. The molecule has 0 amide bonds. The molecule has 0 aromatic heterocycles. The maximum Gasteiger partial charge on any atom is 0.416 e. The summed E-state index contributed by atoms with van der Waals surface area (Å²) >= 11 is 0. The van der Waals surface area contributed by atoms with E-state index >= 15 is 0 Å². The molecule has 1 nitrogen and oxygen atoms in total. The first kappa shape index (κ1) is 14.0. The monoisotopic (exact) mass is 250 g/mol. The Bertz CT molecular complexity index is 396. The highest BCUT2D eigenvalue weighted by Gasteiger charge is 2.34. The van der Waals surface area contributed by atoms with E-state index in [1.165, 1.54) is 0 Å². The molecule has 5 heteroatoms. The standard InChI is InChI=1S/C12H14F4O/c1-11(2,7-17)6-8-5-9(13)3-4-10(8)12(14,15)16/h3-5,17H,6-7H2,1-2H3. The summed E-state index contributed by atoms with van der Waals surface area (Å²) in [6.07, 6.45) is -4.54. The summed E-state index contributed by atoms with van der Waals surface area (Å²) in [5, 5.41) is 9.04. The van der Waals surface area contributed by atoms with Gasteiger partial charge in [-0.15, -0.1) is 0 Å². The van der Waals surface area contributed by atoms with E-state index in [1.54, 1.807) is 13.8 Å². The minimum Gasteiger partial charge on any atom is -0.396 e. The molecule has 0 heterocycles. The van der Waals surface area contributed by atoms with Crippen molar-refractivity contribution in [1.29, 1.82) is 0 Å². The first-order valence-electron chi connectivity index (χ1n) is 5.12. The van der Waals surface area contributed by atoms with Gasteiger partial charge in [-0.2, -0.15) is 13.2 Å². The Balaban J connectivity index is 3.17. The molecule has 0 saturated carbocycles. The van der Waals surface area contributed by atoms with Crippen LogP contribution >= 0.6 is 0 Å². The maximum atomic E-state index is 13.0. The van der Waals surface area contributed by atoms with Crippen molar-refractivity contribution in [2.24, 2.45) is 5.41 Å². The Kier molecular flexibility index (Phi) is 3.81. The largest absolute Gasteiger partial charge is 0.416 e. The van der Waals surface area contributed by atoms with E-state index in [9.17, 15) is 17.6 Å². The summed E-state index contributed by atoms with van der Waals surface area (Å²) in [5.74, 6) is -0.707. The van der Waals surface area contributed by atoms with Crippen LogP contribution in [0.2, 0.25) is 0 Å². The lowest BCUT2D eigenvalue weighted by Gasteiger charge is -2.23. The molecule has 1 rings (SSSR count). The van der Waals surface area contributed by atoms with Crippen molar-refractivity contribution in [1.82, 2.24) is 0 Å². The lowest BCUT2D eigenvalue weighted by molar-refractivity contribution is -0.138. The van der Waals surface area contributed by atoms with Gasteiger partial charge in [-0.3, -0.25) is 0 Å². The summed E-state index contributed by atoms with van der Waals surface area (Å²) < 4.78 is 51.0. The average Bonchev–Trinajstić information content (AvgIpc) is 2.15. The lowest BCUT2D eigenvalue weighted by Crippen LogP contribution is -2.22. The van der Waals surface area contributed by atoms with Crippen LogP contribution in [0.4, 0.5) is 17.6 Å². The zero-order valence-electron chi connectivity index (χ0n) is 9.61. The zero-order chi connectivity index (χ0) is 13.3. The molecule has 0 unspecified atom stereocenters. The number of alkyl halides is 3. The van der Waals surface area contributed by atoms with Gasteiger partial charge in [0.2, 0.25) is 0 Å². The van der Waals surface area contributed by atoms with Crippen LogP contribution in [-0.2, 0) is 12.6 Å². The second-order valence-electron chi connectivity index (χ2n) is 4.80. The summed E-state index contributed by atoms with van der Waals surface area (Å²) in [6.45, 7) is 2.98. The summed E-state index contributed by atoms with van der Waals surface area (Å²) in [5.41, 5.74) is -1.69. The minimum atomic E-state index is -4.51. The van der Waals surface area contributed by atoms with Crippen LogP contribution in [0.3, 0.4) is 0 Å². The molecule has 0 radical (unpaired) electrons. The number of aliphatic hydroxyl groups is 1. The van der Waals surface area contributed by atoms with Gasteiger partial charge in [0.15, 0.2) is 0 Å². The first-order valence-corrected chi connectivity index (χ1v) is 5.12. The van der Waals surface area contributed by atoms with Gasteiger partial charge in [-0.1, -0.05) is 13.8 Å². The van der Waals surface area contributed by atoms with E-state index in [2.05, 4.69) is 0 Å². The topological polar surface area (TPSA) is 20.2 Å². The number of halogens is 4. The van der Waals surface area contributed by atoms with Crippen LogP contribution < -0.4 is 0 Å². The summed E-state index contributed by atoms with van der Waals surface area (Å²) in [7, 11) is 0. The molecule has 0 aliphatic heterocycles. The Labute approximate surface area is 97.1 Å². The molecule has 0 saturated heterocycles. The fraction of sp³-hybridized carbons (Fsp3) is 0.500. The molecular formula is C12H14F4O. The SMILES string of the molecule is CC(C)(CO)Cc1cc(F)ccc1C(F)(F)F. The molecule has 0 bridgehead atoms. The smallest absolute Gasteiger partial charge is 0.396 e. The quantitative estimate of drug-likeness (QED) is 0.815. The Hall–Kier alpha value is -1.10. The van der Waals surface area contributed by atoms with Gasteiger partial charge in [0.05, 0.1) is 5.56 Å². The van der Waals surface area contributed by atoms with Crippen molar-refractivity contribution in [3.05, 3.63) is 35.1 Å². The molecular weight excluding hydrogens is 236 g/mol. The maximum absolute atomic E-state index is 13.0. The van der Waals surface area contributed by atoms with Crippen molar-refractivity contribution in [2.75, 3.05) is 6.61 Å². The molecule has 0 spiro atoms. The van der Waals surface area contributed by atoms with Crippen molar-refractivity contribution < 1.29 is 22.7 Å². The van der Waals surface area contributed by atoms with Gasteiger partial charge in [-0.05, 0) is 35.6 Å². The van der Waals surface area contributed by atoms with Gasteiger partial charge in [0, 0.05) is 6.61 Å². The molecule has 0 aliphatic carbocycles. The van der Waals surface area contributed by atoms with E-state index < -0.39 is 23.0 Å². The highest BCUT2D eigenvalue weighted by atomic mass is 19.4. The fourth-order valence-corrected chi connectivity index (χ4v) is 1.56. The number of hydrogen-bond acceptors (Lipinski definition) is 1. The first-order chi connectivity index (χ1) is 7.65. The summed E-state index contributed by atoms with van der Waals surface area (Å²) in [4.78, 5) is 0. The van der Waals surface area contributed by atoms with Crippen LogP contribution in [0.5, 0.6) is 0 Å². The Morgan fingerprint density at radius 1 is 1.18 bits per heavy atom. The fourth-order valence-electron chi connectivity index (χ4n) is 1.56. The number of rotatable bonds is 3. The van der Waals surface area contributed by atoms with Crippen LogP contribution in [0, 0.1) is 11.2 Å². The minimum absolute atomic E-state index is 0.0316. The highest BCUT2D eigenvalue weighted by Crippen LogP contribution is 2.35. The van der Waals surface area contributed by atoms with Crippen molar-refractivity contribution in [2.45, 2.75) is 26.4 Å². The van der Waals surface area contributed by atoms with Gasteiger partial charge < -0.3 is 5.11 Å². The van der Waals surface area contributed by atoms with Crippen molar-refractivity contribution in [3.63, 3.8) is 0 Å². The molecule has 96 valence electrons. The van der Waals surface area contributed by atoms with Crippen molar-refractivity contribution in [3.8, 4) is 0 Å². The van der Waals surface area contributed by atoms with E-state index in [4.69, 9.17) is 5.11 Å². The summed E-state index contributed by atoms with van der Waals surface area (Å²) in [6, 6.07) is 2.40. The predicted molar refractivity (Wildman–Crippen MR) is 56.0 cm³/mol. The number of hydrogen-bond donors (Lipinski definition) is 1. The van der Waals surface area contributed by atoms with E-state index in [0.29, 0.717) is 0 Å². The second-order valence-corrected chi connectivity index (χ2v) is 4.80. The van der Waals surface area contributed by atoms with Crippen LogP contribution in [0.15, 0.2) is 18.2 Å². The third-order valence-corrected chi connectivity index (χ3v) is 2.47. The molecule has 1 aromatic carbocycles. The molecule has 1 N–H and O–H groups in total. The molecule has 1 aromatic rings. The van der Waals surface area contributed by atoms with Crippen molar-refractivity contribution >= 4 is 0 Å². The molecule has 0 fully saturated rings. The van der Waals surface area contributed by atoms with Crippen LogP contribution in [0.25, 0.3) is 0 Å². The second kappa shape index (κ2) is 4.64. The Morgan fingerprint density at radius 2 is 1.76 bits per heavy atom. The lowest BCUT2D eigenvalue weighted by atomic mass is 9.85. The molecule has 0 atom stereocenters. The van der Waals surface area contributed by atoms with Gasteiger partial charge in [-0.25, -0.2) is 4.39 Å². The zero-order valence-corrected chi connectivity index (χ0v) is 9.61. The van der Waals surface area contributed by atoms with E-state index in [-0.39, 0.29) is 18.6 Å². The third-order valence-electron chi connectivity index (χ3n) is 2.47. The molecule has 0 aliphatic rings. The normalized spacial score (nSPS) is 12.9. The van der Waals surface area contributed by atoms with Gasteiger partial charge in [0.1, 0.15) is 5.82 Å². The highest BCUT2D eigenvalue weighted by molar-refractivity contribution is 5.31. The average molecular weight is 250 g/mol. The van der Waals surface area contributed by atoms with Gasteiger partial charge >= 0.3 is 6.18 Å². The Morgan fingerprint density at radius 3 is 2.24 bits per heavy atom. The van der Waals surface area contributed by atoms with E-state index in [0.717, 1.165) is 18.2 Å². The third kappa shape index (κ3) is 3.70. The van der Waals surface area contributed by atoms with E-state index in [1.807, 2.05) is 0 Å². The predicted octanol–water partition coefficient (Wildman–Crippen LogP) is 3.41.